The van der Waals surface area contributed by atoms with Crippen molar-refractivity contribution in [2.75, 3.05) is 7.05 Å². The monoisotopic (exact) mass is 361 g/mol. The van der Waals surface area contributed by atoms with E-state index in [1.54, 1.807) is 0 Å². The summed E-state index contributed by atoms with van der Waals surface area (Å²) in [7, 11) is 1.87. The van der Waals surface area contributed by atoms with Crippen LogP contribution in [0.1, 0.15) is 35.6 Å². The van der Waals surface area contributed by atoms with E-state index >= 15 is 0 Å². The van der Waals surface area contributed by atoms with E-state index < -0.39 is 0 Å². The van der Waals surface area contributed by atoms with Gasteiger partial charge < -0.3 is 4.90 Å². The van der Waals surface area contributed by atoms with Gasteiger partial charge in [-0.05, 0) is 42.5 Å². The Labute approximate surface area is 158 Å². The summed E-state index contributed by atoms with van der Waals surface area (Å²) in [4.78, 5) is 16.0. The molecular formula is C21H23N5O. The molecule has 1 aliphatic carbocycles. The lowest BCUT2D eigenvalue weighted by Gasteiger charge is -2.33. The molecule has 0 N–H and O–H groups in total. The van der Waals surface area contributed by atoms with Gasteiger partial charge in [0.25, 0.3) is 0 Å². The van der Waals surface area contributed by atoms with Gasteiger partial charge in [-0.3, -0.25) is 4.79 Å². The smallest absolute Gasteiger partial charge is 0.246 e. The number of likely N-dealkylation sites (N-methyl/N-ethyl adjacent to an activating group) is 1. The second kappa shape index (κ2) is 7.31. The summed E-state index contributed by atoms with van der Waals surface area (Å²) >= 11 is 0. The molecule has 0 bridgehead atoms. The maximum absolute atomic E-state index is 12.8. The maximum atomic E-state index is 12.8. The van der Waals surface area contributed by atoms with Crippen LogP contribution in [0.5, 0.6) is 0 Å². The summed E-state index contributed by atoms with van der Waals surface area (Å²) in [6, 6.07) is 16.5. The van der Waals surface area contributed by atoms with Crippen LogP contribution in [0.15, 0.2) is 48.5 Å². The van der Waals surface area contributed by atoms with Crippen LogP contribution in [0.2, 0.25) is 0 Å². The predicted octanol–water partition coefficient (Wildman–Crippen LogP) is 3.18. The van der Waals surface area contributed by atoms with E-state index in [2.05, 4.69) is 33.6 Å². The number of hydrogen-bond acceptors (Lipinski definition) is 4. The standard InChI is InChI=1S/C21H23N5O/c1-15-10-12-17(13-11-15)21-22-24-26(23-21)14-20(27)25(2)19-9-5-7-16-6-3-4-8-18(16)19/h3-4,6,8,10-13,19H,5,7,9,14H2,1-2H3/t19-/m1/s1. The second-order valence-electron chi connectivity index (χ2n) is 7.12. The summed E-state index contributed by atoms with van der Waals surface area (Å²) in [5, 5.41) is 12.5. The van der Waals surface area contributed by atoms with E-state index in [0.29, 0.717) is 5.82 Å². The Morgan fingerprint density at radius 2 is 1.96 bits per heavy atom. The third-order valence-corrected chi connectivity index (χ3v) is 5.24. The van der Waals surface area contributed by atoms with E-state index in [9.17, 15) is 4.79 Å². The number of benzene rings is 2. The normalized spacial score (nSPS) is 16.0. The number of carbonyl (C=O) groups excluding carboxylic acids is 1. The summed E-state index contributed by atoms with van der Waals surface area (Å²) in [5.41, 5.74) is 4.67. The molecule has 6 heteroatoms. The van der Waals surface area contributed by atoms with Crippen LogP contribution in [0.4, 0.5) is 0 Å². The van der Waals surface area contributed by atoms with E-state index in [-0.39, 0.29) is 18.5 Å². The fourth-order valence-corrected chi connectivity index (χ4v) is 3.67. The number of tetrazole rings is 1. The highest BCUT2D eigenvalue weighted by molar-refractivity contribution is 5.76. The Morgan fingerprint density at radius 1 is 1.19 bits per heavy atom. The number of fused-ring (bicyclic) bond motifs is 1. The molecule has 1 atom stereocenters. The number of nitrogens with zero attached hydrogens (tertiary/aromatic N) is 5. The molecule has 3 aromatic rings. The van der Waals surface area contributed by atoms with E-state index in [1.165, 1.54) is 21.5 Å². The lowest BCUT2D eigenvalue weighted by atomic mass is 9.87. The molecule has 0 radical (unpaired) electrons. The van der Waals surface area contributed by atoms with Crippen LogP contribution in [-0.2, 0) is 17.8 Å². The Bertz CT molecular complexity index is 947. The third kappa shape index (κ3) is 3.60. The van der Waals surface area contributed by atoms with Crippen molar-refractivity contribution in [3.63, 3.8) is 0 Å². The first kappa shape index (κ1) is 17.4. The van der Waals surface area contributed by atoms with Crippen molar-refractivity contribution in [2.24, 2.45) is 0 Å². The van der Waals surface area contributed by atoms with E-state index in [0.717, 1.165) is 24.8 Å². The van der Waals surface area contributed by atoms with Crippen molar-refractivity contribution < 1.29 is 4.79 Å². The minimum absolute atomic E-state index is 0.00967. The lowest BCUT2D eigenvalue weighted by Crippen LogP contribution is -2.36. The highest BCUT2D eigenvalue weighted by atomic mass is 16.2. The zero-order valence-electron chi connectivity index (χ0n) is 15.7. The van der Waals surface area contributed by atoms with Crippen LogP contribution in [0.3, 0.4) is 0 Å². The lowest BCUT2D eigenvalue weighted by molar-refractivity contribution is -0.133. The van der Waals surface area contributed by atoms with Gasteiger partial charge in [-0.1, -0.05) is 54.1 Å². The van der Waals surface area contributed by atoms with E-state index in [4.69, 9.17) is 0 Å². The molecule has 0 saturated heterocycles. The third-order valence-electron chi connectivity index (χ3n) is 5.24. The summed E-state index contributed by atoms with van der Waals surface area (Å²) < 4.78 is 0. The number of aryl methyl sites for hydroxylation is 2. The Morgan fingerprint density at radius 3 is 2.78 bits per heavy atom. The topological polar surface area (TPSA) is 63.9 Å². The minimum Gasteiger partial charge on any atom is -0.337 e. The quantitative estimate of drug-likeness (QED) is 0.716. The van der Waals surface area contributed by atoms with Gasteiger partial charge in [-0.2, -0.15) is 4.80 Å². The molecule has 1 aliphatic rings. The van der Waals surface area contributed by atoms with Gasteiger partial charge in [0.05, 0.1) is 6.04 Å². The molecule has 0 spiro atoms. The molecule has 0 unspecified atom stereocenters. The summed E-state index contributed by atoms with van der Waals surface area (Å²) in [6.45, 7) is 2.13. The number of carbonyl (C=O) groups is 1. The summed E-state index contributed by atoms with van der Waals surface area (Å²) in [6.07, 6.45) is 3.16. The SMILES string of the molecule is Cc1ccc(-c2nnn(CC(=O)N(C)[C@@H]3CCCc4ccccc43)n2)cc1. The first-order valence-electron chi connectivity index (χ1n) is 9.30. The molecule has 2 aromatic carbocycles. The van der Waals surface area contributed by atoms with Crippen LogP contribution in [-0.4, -0.2) is 38.1 Å². The minimum atomic E-state index is -0.00967. The second-order valence-corrected chi connectivity index (χ2v) is 7.12. The largest absolute Gasteiger partial charge is 0.337 e. The number of amides is 1. The van der Waals surface area contributed by atoms with Crippen molar-refractivity contribution in [3.8, 4) is 11.4 Å². The van der Waals surface area contributed by atoms with Crippen LogP contribution in [0, 0.1) is 6.92 Å². The van der Waals surface area contributed by atoms with Crippen LogP contribution >= 0.6 is 0 Å². The summed E-state index contributed by atoms with van der Waals surface area (Å²) in [5.74, 6) is 0.526. The van der Waals surface area contributed by atoms with Crippen LogP contribution < -0.4 is 0 Å². The molecule has 138 valence electrons. The van der Waals surface area contributed by atoms with Crippen molar-refractivity contribution in [1.82, 2.24) is 25.1 Å². The fraction of sp³-hybridized carbons (Fsp3) is 0.333. The highest BCUT2D eigenvalue weighted by Crippen LogP contribution is 2.33. The van der Waals surface area contributed by atoms with Crippen molar-refractivity contribution in [1.29, 1.82) is 0 Å². The number of rotatable bonds is 4. The van der Waals surface area contributed by atoms with Gasteiger partial charge in [-0.15, -0.1) is 10.2 Å². The Kier molecular flexibility index (Phi) is 4.71. The molecule has 4 rings (SSSR count). The molecule has 27 heavy (non-hydrogen) atoms. The molecule has 0 fully saturated rings. The van der Waals surface area contributed by atoms with Gasteiger partial charge in [0, 0.05) is 12.6 Å². The Hall–Kier alpha value is -3.02. The first-order valence-corrected chi connectivity index (χ1v) is 9.30. The molecule has 0 saturated carbocycles. The Balaban J connectivity index is 1.47. The molecule has 1 heterocycles. The zero-order valence-corrected chi connectivity index (χ0v) is 15.7. The average Bonchev–Trinajstić information content (AvgIpc) is 3.16. The predicted molar refractivity (Wildman–Crippen MR) is 103 cm³/mol. The average molecular weight is 361 g/mol. The van der Waals surface area contributed by atoms with Crippen molar-refractivity contribution in [2.45, 2.75) is 38.8 Å². The van der Waals surface area contributed by atoms with Crippen molar-refractivity contribution in [3.05, 3.63) is 65.2 Å². The maximum Gasteiger partial charge on any atom is 0.246 e. The zero-order chi connectivity index (χ0) is 18.8. The van der Waals surface area contributed by atoms with Crippen molar-refractivity contribution >= 4 is 5.91 Å². The fourth-order valence-electron chi connectivity index (χ4n) is 3.67. The highest BCUT2D eigenvalue weighted by Gasteiger charge is 2.26. The van der Waals surface area contributed by atoms with E-state index in [1.807, 2.05) is 49.2 Å². The molecule has 6 nitrogen and oxygen atoms in total. The van der Waals surface area contributed by atoms with Gasteiger partial charge >= 0.3 is 0 Å². The van der Waals surface area contributed by atoms with Gasteiger partial charge in [0.15, 0.2) is 0 Å². The molecule has 1 amide bonds. The molecular weight excluding hydrogens is 338 g/mol. The number of hydrogen-bond donors (Lipinski definition) is 0. The van der Waals surface area contributed by atoms with Gasteiger partial charge in [0.2, 0.25) is 11.7 Å². The molecule has 1 aromatic heterocycles. The first-order chi connectivity index (χ1) is 13.1. The van der Waals surface area contributed by atoms with Gasteiger partial charge in [-0.25, -0.2) is 0 Å². The number of aromatic nitrogens is 4. The van der Waals surface area contributed by atoms with Crippen LogP contribution in [0.25, 0.3) is 11.4 Å². The van der Waals surface area contributed by atoms with Gasteiger partial charge in [0.1, 0.15) is 6.54 Å². The molecule has 0 aliphatic heterocycles.